The monoisotopic (exact) mass is 636 g/mol. The summed E-state index contributed by atoms with van der Waals surface area (Å²) in [6, 6.07) is 0. The van der Waals surface area contributed by atoms with E-state index < -0.39 is 34.7 Å². The maximum Gasteiger partial charge on any atom is 0.353 e. The Hall–Kier alpha value is -4.04. The summed E-state index contributed by atoms with van der Waals surface area (Å²) < 4.78 is 9.96. The largest absolute Gasteiger partial charge is 0.477 e. The second-order valence-electron chi connectivity index (χ2n) is 9.37. The van der Waals surface area contributed by atoms with Gasteiger partial charge in [0.15, 0.2) is 16.5 Å². The van der Waals surface area contributed by atoms with E-state index in [1.54, 1.807) is 0 Å². The molecule has 4 heterocycles. The third-order valence-corrected chi connectivity index (χ3v) is 9.11. The summed E-state index contributed by atoms with van der Waals surface area (Å²) in [5, 5.41) is 28.4. The Kier molecular flexibility index (Phi) is 8.45. The van der Waals surface area contributed by atoms with Crippen LogP contribution in [0.1, 0.15) is 43.8 Å². The predicted octanol–water partition coefficient (Wildman–Crippen LogP) is -0.401. The van der Waals surface area contributed by atoms with Crippen LogP contribution in [0.15, 0.2) is 10.9 Å². The summed E-state index contributed by atoms with van der Waals surface area (Å²) in [4.78, 5) is 61.9. The van der Waals surface area contributed by atoms with Gasteiger partial charge in [0.1, 0.15) is 17.2 Å². The smallest absolute Gasteiger partial charge is 0.353 e. The fraction of sp³-hybridized carbons (Fsp3) is 0.500. The number of rotatable bonds is 11. The normalized spacial score (nSPS) is 22.4. The molecule has 2 amide bonds. The van der Waals surface area contributed by atoms with Crippen molar-refractivity contribution >= 4 is 81.0 Å². The molecule has 17 nitrogen and oxygen atoms in total. The third kappa shape index (κ3) is 5.31. The summed E-state index contributed by atoms with van der Waals surface area (Å²) in [5.41, 5.74) is 3.46. The van der Waals surface area contributed by atoms with E-state index in [0.29, 0.717) is 0 Å². The van der Waals surface area contributed by atoms with Gasteiger partial charge in [-0.2, -0.15) is 9.36 Å². The molecular weight excluding hydrogens is 613 g/mol. The first-order chi connectivity index (χ1) is 20.2. The Bertz CT molecular complexity index is 1500. The lowest BCUT2D eigenvalue weighted by Gasteiger charge is -2.55. The van der Waals surface area contributed by atoms with Crippen LogP contribution >= 0.6 is 35.5 Å². The van der Waals surface area contributed by atoms with Gasteiger partial charge in [-0.25, -0.2) is 9.48 Å². The number of amides is 2. The first-order valence-electron chi connectivity index (χ1n) is 12.6. The number of thiocarbonyl (C=S) groups is 1. The summed E-state index contributed by atoms with van der Waals surface area (Å²) in [7, 11) is 1.24. The second-order valence-corrected chi connectivity index (χ2v) is 11.5. The Morgan fingerprint density at radius 2 is 2.10 bits per heavy atom. The summed E-state index contributed by atoms with van der Waals surface area (Å²) in [5.74, 6) is -3.51. The average Bonchev–Trinajstić information content (AvgIpc) is 3.76. The van der Waals surface area contributed by atoms with Crippen molar-refractivity contribution in [3.8, 4) is 0 Å². The van der Waals surface area contributed by atoms with Gasteiger partial charge in [0.05, 0.1) is 20.1 Å². The number of fused-ring (bicyclic) bond motifs is 1. The number of carbonyl (C=O) groups excluding carboxylic acids is 3. The zero-order chi connectivity index (χ0) is 30.0. The van der Waals surface area contributed by atoms with Crippen LogP contribution in [-0.4, -0.2) is 104 Å². The molecule has 2 aliphatic heterocycles. The van der Waals surface area contributed by atoms with E-state index in [1.807, 2.05) is 0 Å². The number of oxime groups is 1. The average molecular weight is 637 g/mol. The molecule has 0 radical (unpaired) electrons. The highest BCUT2D eigenvalue weighted by Crippen LogP contribution is 2.47. The number of carboxylic acids is 1. The molecule has 42 heavy (non-hydrogen) atoms. The van der Waals surface area contributed by atoms with Crippen LogP contribution in [0.2, 0.25) is 0 Å². The number of ether oxygens (including phenoxy) is 1. The van der Waals surface area contributed by atoms with Gasteiger partial charge >= 0.3 is 11.9 Å². The number of anilines is 1. The van der Waals surface area contributed by atoms with Gasteiger partial charge in [0.25, 0.3) is 11.8 Å². The molecule has 1 saturated carbocycles. The first-order valence-corrected chi connectivity index (χ1v) is 14.9. The number of tetrazole rings is 1. The number of aromatic nitrogens is 6. The molecule has 0 bridgehead atoms. The van der Waals surface area contributed by atoms with Crippen LogP contribution in [-0.2, 0) is 35.3 Å². The number of aliphatic carboxylic acids is 1. The van der Waals surface area contributed by atoms with Crippen LogP contribution in [0.4, 0.5) is 5.13 Å². The number of aryl methyl sites for hydroxylation is 1. The van der Waals surface area contributed by atoms with Crippen molar-refractivity contribution in [2.75, 3.05) is 18.6 Å². The Labute approximate surface area is 251 Å². The molecule has 2 atom stereocenters. The zero-order valence-electron chi connectivity index (χ0n) is 22.0. The van der Waals surface area contributed by atoms with Crippen molar-refractivity contribution in [1.29, 1.82) is 0 Å². The number of carbonyl (C=O) groups is 4. The molecule has 5 rings (SSSR count). The number of nitrogens with zero attached hydrogens (tertiary/aromatic N) is 8. The van der Waals surface area contributed by atoms with E-state index >= 15 is 0 Å². The number of nitrogens with one attached hydrogen (secondary N) is 1. The molecule has 1 saturated heterocycles. The van der Waals surface area contributed by atoms with Crippen molar-refractivity contribution in [2.24, 2.45) is 5.16 Å². The van der Waals surface area contributed by atoms with Crippen LogP contribution in [0.3, 0.4) is 0 Å². The molecule has 4 N–H and O–H groups in total. The molecule has 1 aliphatic carbocycles. The number of esters is 1. The van der Waals surface area contributed by atoms with E-state index in [4.69, 9.17) is 22.8 Å². The lowest BCUT2D eigenvalue weighted by Crippen LogP contribution is -2.80. The van der Waals surface area contributed by atoms with Crippen molar-refractivity contribution < 1.29 is 33.9 Å². The lowest BCUT2D eigenvalue weighted by molar-refractivity contribution is -0.153. The fourth-order valence-corrected chi connectivity index (χ4v) is 7.00. The van der Waals surface area contributed by atoms with E-state index in [9.17, 15) is 24.3 Å². The van der Waals surface area contributed by atoms with Crippen molar-refractivity contribution in [3.05, 3.63) is 17.3 Å². The number of thioether (sulfide) groups is 1. The number of hydrogen-bond donors (Lipinski definition) is 3. The van der Waals surface area contributed by atoms with E-state index in [-0.39, 0.29) is 58.6 Å². The van der Waals surface area contributed by atoms with E-state index in [1.165, 1.54) is 11.8 Å². The molecule has 1 unspecified atom stereocenters. The topological polar surface area (TPSA) is 230 Å². The van der Waals surface area contributed by atoms with Gasteiger partial charge in [-0.1, -0.05) is 17.4 Å². The van der Waals surface area contributed by atoms with Crippen LogP contribution in [0, 0.1) is 0 Å². The quantitative estimate of drug-likeness (QED) is 0.0936. The molecular formula is C22H24N10O7S3. The van der Waals surface area contributed by atoms with Crippen molar-refractivity contribution in [1.82, 2.24) is 39.8 Å². The highest BCUT2D eigenvalue weighted by molar-refractivity contribution is 8.00. The number of hydrogen-bond acceptors (Lipinski definition) is 16. The lowest BCUT2D eigenvalue weighted by atomic mass is 9.87. The highest BCUT2D eigenvalue weighted by Gasteiger charge is 2.65. The molecule has 222 valence electrons. The fourth-order valence-electron chi connectivity index (χ4n) is 4.76. The maximum absolute atomic E-state index is 13.6. The highest BCUT2D eigenvalue weighted by atomic mass is 32.2. The van der Waals surface area contributed by atoms with Gasteiger partial charge in [-0.3, -0.25) is 19.3 Å². The molecule has 2 aromatic heterocycles. The Morgan fingerprint density at radius 3 is 2.74 bits per heavy atom. The number of carboxylic acid groups (broad SMARTS) is 1. The van der Waals surface area contributed by atoms with E-state index in [0.717, 1.165) is 59.2 Å². The van der Waals surface area contributed by atoms with Gasteiger partial charge < -0.3 is 25.7 Å². The number of nitrogen functional groups attached to an aromatic ring is 1. The minimum Gasteiger partial charge on any atom is -0.477 e. The Morgan fingerprint density at radius 1 is 1.33 bits per heavy atom. The molecule has 2 aromatic rings. The molecule has 0 aromatic carbocycles. The van der Waals surface area contributed by atoms with Crippen molar-refractivity contribution in [2.45, 2.75) is 55.7 Å². The SMILES string of the molecule is COC(=O)CCn1nnnc1C1=C(C(=O)O)N2C(=O)C(C=S)(NC(=O)C(=NOC3CCCC3)c3nsc(N)n3)[C@@H]2SC1. The minimum absolute atomic E-state index is 0.0214. The van der Waals surface area contributed by atoms with Gasteiger partial charge in [-0.15, -0.1) is 16.9 Å². The standard InChI is InChI=1S/C22H24N10O7S3/c1-38-12(33)6-7-31-16(26-29-30-31)11-8-41-20-22(9-40,19(37)32(20)14(11)18(35)36)25-17(34)13(15-24-21(23)42-28-15)27-39-10-4-2-3-5-10/h9-10,20H,2-8H2,1H3,(H,25,34)(H,35,36)(H2,23,24,28)/t20-,22?/m0/s1. The van der Waals surface area contributed by atoms with Gasteiger partial charge in [0, 0.05) is 28.2 Å². The molecule has 2 fully saturated rings. The van der Waals surface area contributed by atoms with Gasteiger partial charge in [0.2, 0.25) is 11.5 Å². The first kappa shape index (κ1) is 29.5. The second kappa shape index (κ2) is 12.1. The number of methoxy groups -OCH3 is 1. The van der Waals surface area contributed by atoms with E-state index in [2.05, 4.69) is 40.1 Å². The maximum atomic E-state index is 13.6. The molecule has 0 spiro atoms. The van der Waals surface area contributed by atoms with Gasteiger partial charge in [-0.05, 0) is 36.1 Å². The summed E-state index contributed by atoms with van der Waals surface area (Å²) >= 11 is 7.21. The van der Waals surface area contributed by atoms with Crippen molar-refractivity contribution in [3.63, 3.8) is 0 Å². The third-order valence-electron chi connectivity index (χ3n) is 6.84. The predicted molar refractivity (Wildman–Crippen MR) is 151 cm³/mol. The summed E-state index contributed by atoms with van der Waals surface area (Å²) in [6.07, 6.45) is 3.26. The Balaban J connectivity index is 1.42. The zero-order valence-corrected chi connectivity index (χ0v) is 24.4. The summed E-state index contributed by atoms with van der Waals surface area (Å²) in [6.45, 7) is 0.0214. The number of nitrogens with two attached hydrogens (primary N) is 1. The number of β-lactam (4-membered cyclic amide) rings is 1. The van der Waals surface area contributed by atoms with Crippen LogP contribution in [0.5, 0.6) is 0 Å². The van der Waals surface area contributed by atoms with Crippen LogP contribution in [0.25, 0.3) is 5.57 Å². The molecule has 3 aliphatic rings. The van der Waals surface area contributed by atoms with Crippen LogP contribution < -0.4 is 11.1 Å². The molecule has 20 heteroatoms. The minimum atomic E-state index is -1.75.